The number of nitriles is 1. The van der Waals surface area contributed by atoms with Gasteiger partial charge in [0.1, 0.15) is 28.4 Å². The SMILES string of the molecule is N#Cc1c(-c2ccccc2)cccc1-c1cc(-c2ccc3oc4ccccc4c3c2)cc(-c2cccc3c2oc2ccccc23)c1. The Bertz CT molecular complexity index is 2650. The van der Waals surface area contributed by atoms with Gasteiger partial charge in [-0.2, -0.15) is 5.26 Å². The van der Waals surface area contributed by atoms with Gasteiger partial charge in [0.25, 0.3) is 0 Å². The van der Waals surface area contributed by atoms with Gasteiger partial charge < -0.3 is 8.83 Å². The molecule has 214 valence electrons. The van der Waals surface area contributed by atoms with E-state index in [1.807, 2.05) is 78.9 Å². The van der Waals surface area contributed by atoms with Crippen LogP contribution in [0.15, 0.2) is 160 Å². The molecule has 0 bridgehead atoms. The third-order valence-electron chi connectivity index (χ3n) is 8.93. The Hall–Kier alpha value is -6.37. The first-order valence-corrected chi connectivity index (χ1v) is 15.3. The van der Waals surface area contributed by atoms with E-state index in [1.165, 1.54) is 0 Å². The van der Waals surface area contributed by atoms with Crippen LogP contribution in [0.25, 0.3) is 88.4 Å². The lowest BCUT2D eigenvalue weighted by Crippen LogP contribution is -1.92. The predicted octanol–water partition coefficient (Wildman–Crippen LogP) is 12.0. The van der Waals surface area contributed by atoms with Gasteiger partial charge in [-0.3, -0.25) is 0 Å². The van der Waals surface area contributed by atoms with Gasteiger partial charge >= 0.3 is 0 Å². The highest BCUT2D eigenvalue weighted by molar-refractivity contribution is 6.10. The Morgan fingerprint density at radius 1 is 0.370 bits per heavy atom. The van der Waals surface area contributed by atoms with Crippen LogP contribution in [0, 0.1) is 11.3 Å². The van der Waals surface area contributed by atoms with Crippen LogP contribution in [0.2, 0.25) is 0 Å². The summed E-state index contributed by atoms with van der Waals surface area (Å²) in [4.78, 5) is 0. The average Bonchev–Trinajstić information content (AvgIpc) is 3.69. The zero-order valence-electron chi connectivity index (χ0n) is 24.7. The Morgan fingerprint density at radius 3 is 1.72 bits per heavy atom. The van der Waals surface area contributed by atoms with Gasteiger partial charge in [0, 0.05) is 38.2 Å². The van der Waals surface area contributed by atoms with Gasteiger partial charge in [0.05, 0.1) is 5.56 Å². The fourth-order valence-corrected chi connectivity index (χ4v) is 6.76. The van der Waals surface area contributed by atoms with Crippen LogP contribution in [-0.2, 0) is 0 Å². The van der Waals surface area contributed by atoms with Crippen LogP contribution in [0.4, 0.5) is 0 Å². The average molecular weight is 588 g/mol. The van der Waals surface area contributed by atoms with Gasteiger partial charge in [0.15, 0.2) is 0 Å². The van der Waals surface area contributed by atoms with Crippen molar-refractivity contribution in [1.29, 1.82) is 5.26 Å². The standard InChI is InChI=1S/C43H25NO2/c44-26-39-32(27-10-2-1-3-11-27)14-8-15-33(39)30-22-29(28-20-21-42-38(25-28)36-13-5-6-18-40(36)45-42)23-31(24-30)34-16-9-17-37-35-12-4-7-19-41(35)46-43(34)37/h1-25H. The van der Waals surface area contributed by atoms with Crippen molar-refractivity contribution in [3.63, 3.8) is 0 Å². The second-order valence-electron chi connectivity index (χ2n) is 11.6. The zero-order chi connectivity index (χ0) is 30.6. The van der Waals surface area contributed by atoms with E-state index in [0.29, 0.717) is 5.56 Å². The molecule has 0 aliphatic carbocycles. The topological polar surface area (TPSA) is 50.1 Å². The molecule has 9 rings (SSSR count). The summed E-state index contributed by atoms with van der Waals surface area (Å²) >= 11 is 0. The molecule has 0 saturated carbocycles. The number of rotatable bonds is 4. The number of nitrogens with zero attached hydrogens (tertiary/aromatic N) is 1. The Kier molecular flexibility index (Phi) is 5.88. The molecular weight excluding hydrogens is 562 g/mol. The van der Waals surface area contributed by atoms with Crippen molar-refractivity contribution in [1.82, 2.24) is 0 Å². The van der Waals surface area contributed by atoms with Crippen LogP contribution in [0.1, 0.15) is 5.56 Å². The Morgan fingerprint density at radius 2 is 0.935 bits per heavy atom. The number of hydrogen-bond acceptors (Lipinski definition) is 3. The number of fused-ring (bicyclic) bond motifs is 6. The first-order valence-electron chi connectivity index (χ1n) is 15.3. The highest BCUT2D eigenvalue weighted by Gasteiger charge is 2.18. The molecule has 46 heavy (non-hydrogen) atoms. The summed E-state index contributed by atoms with van der Waals surface area (Å²) in [7, 11) is 0. The molecule has 0 unspecified atom stereocenters. The van der Waals surface area contributed by atoms with Gasteiger partial charge in [-0.05, 0) is 70.3 Å². The molecule has 0 fully saturated rings. The Balaban J connectivity index is 1.32. The lowest BCUT2D eigenvalue weighted by Gasteiger charge is -2.14. The molecule has 7 aromatic carbocycles. The van der Waals surface area contributed by atoms with Crippen LogP contribution < -0.4 is 0 Å². The van der Waals surface area contributed by atoms with E-state index in [-0.39, 0.29) is 0 Å². The van der Waals surface area contributed by atoms with Crippen LogP contribution >= 0.6 is 0 Å². The molecule has 0 amide bonds. The summed E-state index contributed by atoms with van der Waals surface area (Å²) in [5.41, 5.74) is 12.0. The lowest BCUT2D eigenvalue weighted by atomic mass is 9.88. The monoisotopic (exact) mass is 587 g/mol. The molecule has 0 radical (unpaired) electrons. The molecule has 9 aromatic rings. The summed E-state index contributed by atoms with van der Waals surface area (Å²) in [6.45, 7) is 0. The molecule has 0 aliphatic heterocycles. The highest BCUT2D eigenvalue weighted by Crippen LogP contribution is 2.41. The first kappa shape index (κ1) is 26.1. The summed E-state index contributed by atoms with van der Waals surface area (Å²) in [5, 5.41) is 14.9. The summed E-state index contributed by atoms with van der Waals surface area (Å²) in [5.74, 6) is 0. The molecule has 3 heteroatoms. The second kappa shape index (κ2) is 10.4. The summed E-state index contributed by atoms with van der Waals surface area (Å²) < 4.78 is 12.6. The minimum absolute atomic E-state index is 0.648. The number of furan rings is 2. The third kappa shape index (κ3) is 4.13. The summed E-state index contributed by atoms with van der Waals surface area (Å²) in [6.07, 6.45) is 0. The van der Waals surface area contributed by atoms with Crippen molar-refractivity contribution in [3.05, 3.63) is 157 Å². The van der Waals surface area contributed by atoms with E-state index in [0.717, 1.165) is 88.4 Å². The quantitative estimate of drug-likeness (QED) is 0.206. The third-order valence-corrected chi connectivity index (χ3v) is 8.93. The maximum Gasteiger partial charge on any atom is 0.143 e. The molecular formula is C43H25NO2. The molecule has 3 nitrogen and oxygen atoms in total. The number of benzene rings is 7. The largest absolute Gasteiger partial charge is 0.456 e. The number of hydrogen-bond donors (Lipinski definition) is 0. The molecule has 0 saturated heterocycles. The molecule has 0 N–H and O–H groups in total. The van der Waals surface area contributed by atoms with Crippen LogP contribution in [-0.4, -0.2) is 0 Å². The molecule has 2 aromatic heterocycles. The molecule has 2 heterocycles. The van der Waals surface area contributed by atoms with E-state index in [4.69, 9.17) is 8.83 Å². The van der Waals surface area contributed by atoms with E-state index < -0.39 is 0 Å². The lowest BCUT2D eigenvalue weighted by molar-refractivity contribution is 0.669. The van der Waals surface area contributed by atoms with Gasteiger partial charge in [0.2, 0.25) is 0 Å². The zero-order valence-corrected chi connectivity index (χ0v) is 24.7. The van der Waals surface area contributed by atoms with Crippen molar-refractivity contribution >= 4 is 43.9 Å². The Labute approximate surface area is 265 Å². The van der Waals surface area contributed by atoms with E-state index >= 15 is 0 Å². The smallest absolute Gasteiger partial charge is 0.143 e. The molecule has 0 spiro atoms. The van der Waals surface area contributed by atoms with E-state index in [2.05, 4.69) is 78.9 Å². The van der Waals surface area contributed by atoms with Crippen LogP contribution in [0.5, 0.6) is 0 Å². The minimum Gasteiger partial charge on any atom is -0.456 e. The van der Waals surface area contributed by atoms with Crippen LogP contribution in [0.3, 0.4) is 0 Å². The maximum absolute atomic E-state index is 10.5. The maximum atomic E-state index is 10.5. The van der Waals surface area contributed by atoms with Crippen molar-refractivity contribution in [2.24, 2.45) is 0 Å². The van der Waals surface area contributed by atoms with Crippen molar-refractivity contribution in [2.75, 3.05) is 0 Å². The minimum atomic E-state index is 0.648. The normalized spacial score (nSPS) is 11.5. The fourth-order valence-electron chi connectivity index (χ4n) is 6.76. The highest BCUT2D eigenvalue weighted by atomic mass is 16.3. The van der Waals surface area contributed by atoms with Crippen molar-refractivity contribution < 1.29 is 8.83 Å². The molecule has 0 aliphatic rings. The second-order valence-corrected chi connectivity index (χ2v) is 11.6. The first-order chi connectivity index (χ1) is 22.7. The van der Waals surface area contributed by atoms with E-state index in [1.54, 1.807) is 0 Å². The van der Waals surface area contributed by atoms with Gasteiger partial charge in [-0.15, -0.1) is 0 Å². The van der Waals surface area contributed by atoms with Crippen molar-refractivity contribution in [2.45, 2.75) is 0 Å². The van der Waals surface area contributed by atoms with Gasteiger partial charge in [-0.25, -0.2) is 0 Å². The van der Waals surface area contributed by atoms with E-state index in [9.17, 15) is 5.26 Å². The van der Waals surface area contributed by atoms with Crippen molar-refractivity contribution in [3.8, 4) is 50.6 Å². The predicted molar refractivity (Wildman–Crippen MR) is 187 cm³/mol. The van der Waals surface area contributed by atoms with Gasteiger partial charge in [-0.1, -0.05) is 109 Å². The number of para-hydroxylation sites is 3. The fraction of sp³-hybridized carbons (Fsp3) is 0. The molecule has 0 atom stereocenters. The summed E-state index contributed by atoms with van der Waals surface area (Å²) in [6, 6.07) is 54.3.